The molecule has 2 rings (SSSR count). The van der Waals surface area contributed by atoms with E-state index in [1.165, 1.54) is 4.90 Å². The van der Waals surface area contributed by atoms with Gasteiger partial charge in [-0.05, 0) is 24.5 Å². The Kier molecular flexibility index (Phi) is 4.88. The van der Waals surface area contributed by atoms with Gasteiger partial charge in [0.15, 0.2) is 0 Å². The zero-order chi connectivity index (χ0) is 12.8. The van der Waals surface area contributed by atoms with Gasteiger partial charge < -0.3 is 4.74 Å². The number of carbonyl (C=O) groups excluding carboxylic acids is 1. The highest BCUT2D eigenvalue weighted by Gasteiger charge is 2.23. The lowest BCUT2D eigenvalue weighted by atomic mass is 10.1. The number of ether oxygens (including phenoxy) is 1. The number of hydrogen-bond donors (Lipinski definition) is 0. The first kappa shape index (κ1) is 13.2. The van der Waals surface area contributed by atoms with Crippen molar-refractivity contribution >= 4 is 17.7 Å². The van der Waals surface area contributed by atoms with E-state index in [2.05, 4.69) is 25.1 Å². The van der Waals surface area contributed by atoms with Gasteiger partial charge >= 0.3 is 5.97 Å². The molecule has 96 valence electrons. The first-order valence-corrected chi connectivity index (χ1v) is 7.27. The fourth-order valence-corrected chi connectivity index (χ4v) is 2.73. The second kappa shape index (κ2) is 6.64. The Morgan fingerprint density at radius 1 is 1.33 bits per heavy atom. The minimum absolute atomic E-state index is 0.0262. The van der Waals surface area contributed by atoms with Gasteiger partial charge in [0.05, 0.1) is 5.92 Å². The monoisotopic (exact) mass is 262 g/mol. The van der Waals surface area contributed by atoms with Crippen molar-refractivity contribution in [2.75, 3.05) is 12.4 Å². The van der Waals surface area contributed by atoms with Crippen LogP contribution in [0.1, 0.15) is 13.3 Å². The highest BCUT2D eigenvalue weighted by atomic mass is 32.2. The third-order valence-electron chi connectivity index (χ3n) is 2.94. The van der Waals surface area contributed by atoms with Gasteiger partial charge in [0.1, 0.15) is 6.61 Å². The van der Waals surface area contributed by atoms with Gasteiger partial charge in [0.2, 0.25) is 0 Å². The maximum atomic E-state index is 11.7. The molecular formula is C15H18O2S. The second-order valence-corrected chi connectivity index (χ2v) is 5.70. The molecule has 2 atom stereocenters. The summed E-state index contributed by atoms with van der Waals surface area (Å²) in [7, 11) is 0. The smallest absolute Gasteiger partial charge is 0.312 e. The standard InChI is InChI=1S/C15H18O2S/c1-12-7-8-13(11-12)15(16)17-9-10-18-14-5-3-2-4-6-14/h2-8,12-13H,9-11H2,1H3/t12-,13?/m0/s1. The van der Waals surface area contributed by atoms with E-state index in [0.717, 1.165) is 12.2 Å². The number of thioether (sulfide) groups is 1. The zero-order valence-corrected chi connectivity index (χ0v) is 11.4. The molecule has 0 saturated carbocycles. The van der Waals surface area contributed by atoms with E-state index in [-0.39, 0.29) is 11.9 Å². The summed E-state index contributed by atoms with van der Waals surface area (Å²) in [5.41, 5.74) is 0. The molecule has 0 amide bonds. The van der Waals surface area contributed by atoms with Gasteiger partial charge in [-0.25, -0.2) is 0 Å². The molecule has 2 nitrogen and oxygen atoms in total. The predicted molar refractivity (Wildman–Crippen MR) is 74.5 cm³/mol. The van der Waals surface area contributed by atoms with Crippen molar-refractivity contribution in [1.82, 2.24) is 0 Å². The number of allylic oxidation sites excluding steroid dienone is 1. The van der Waals surface area contributed by atoms with E-state index in [1.807, 2.05) is 24.3 Å². The number of carbonyl (C=O) groups is 1. The van der Waals surface area contributed by atoms with Crippen LogP contribution < -0.4 is 0 Å². The highest BCUT2D eigenvalue weighted by molar-refractivity contribution is 7.99. The van der Waals surface area contributed by atoms with E-state index < -0.39 is 0 Å². The molecule has 1 aliphatic rings. The Morgan fingerprint density at radius 3 is 2.78 bits per heavy atom. The predicted octanol–water partition coefficient (Wildman–Crippen LogP) is 3.53. The molecule has 3 heteroatoms. The average molecular weight is 262 g/mol. The van der Waals surface area contributed by atoms with Crippen LogP contribution in [0.15, 0.2) is 47.4 Å². The maximum absolute atomic E-state index is 11.7. The van der Waals surface area contributed by atoms with Crippen LogP contribution in [0.3, 0.4) is 0 Å². The van der Waals surface area contributed by atoms with Gasteiger partial charge in [-0.3, -0.25) is 4.79 Å². The van der Waals surface area contributed by atoms with E-state index in [4.69, 9.17) is 4.74 Å². The van der Waals surface area contributed by atoms with Crippen molar-refractivity contribution in [2.45, 2.75) is 18.2 Å². The van der Waals surface area contributed by atoms with Crippen LogP contribution >= 0.6 is 11.8 Å². The number of rotatable bonds is 5. The van der Waals surface area contributed by atoms with Crippen molar-refractivity contribution in [1.29, 1.82) is 0 Å². The summed E-state index contributed by atoms with van der Waals surface area (Å²) < 4.78 is 5.28. The van der Waals surface area contributed by atoms with Gasteiger partial charge in [-0.15, -0.1) is 11.8 Å². The van der Waals surface area contributed by atoms with E-state index >= 15 is 0 Å². The topological polar surface area (TPSA) is 26.3 Å². The quantitative estimate of drug-likeness (QED) is 0.351. The van der Waals surface area contributed by atoms with Crippen LogP contribution in [0.2, 0.25) is 0 Å². The molecule has 0 aliphatic heterocycles. The summed E-state index contributed by atoms with van der Waals surface area (Å²) in [5, 5.41) is 0. The first-order valence-electron chi connectivity index (χ1n) is 6.28. The first-order chi connectivity index (χ1) is 8.75. The average Bonchev–Trinajstić information content (AvgIpc) is 2.82. The molecule has 1 aliphatic carbocycles. The van der Waals surface area contributed by atoms with Crippen LogP contribution in [-0.4, -0.2) is 18.3 Å². The third kappa shape index (κ3) is 3.91. The van der Waals surface area contributed by atoms with Crippen molar-refractivity contribution in [3.05, 3.63) is 42.5 Å². The summed E-state index contributed by atoms with van der Waals surface area (Å²) in [6.45, 7) is 2.60. The van der Waals surface area contributed by atoms with E-state index in [0.29, 0.717) is 12.5 Å². The molecule has 0 heterocycles. The number of benzene rings is 1. The Morgan fingerprint density at radius 2 is 2.11 bits per heavy atom. The molecule has 0 radical (unpaired) electrons. The summed E-state index contributed by atoms with van der Waals surface area (Å²) in [6, 6.07) is 10.2. The fourth-order valence-electron chi connectivity index (χ4n) is 1.98. The Bertz CT molecular complexity index is 414. The van der Waals surface area contributed by atoms with Crippen molar-refractivity contribution in [3.8, 4) is 0 Å². The third-order valence-corrected chi connectivity index (χ3v) is 3.92. The largest absolute Gasteiger partial charge is 0.464 e. The number of esters is 1. The van der Waals surface area contributed by atoms with Crippen molar-refractivity contribution in [2.24, 2.45) is 11.8 Å². The van der Waals surface area contributed by atoms with E-state index in [1.54, 1.807) is 11.8 Å². The lowest BCUT2D eigenvalue weighted by Crippen LogP contribution is -2.16. The molecule has 18 heavy (non-hydrogen) atoms. The van der Waals surface area contributed by atoms with Crippen LogP contribution in [0.25, 0.3) is 0 Å². The molecule has 0 bridgehead atoms. The maximum Gasteiger partial charge on any atom is 0.312 e. The highest BCUT2D eigenvalue weighted by Crippen LogP contribution is 2.24. The molecule has 1 aromatic carbocycles. The minimum atomic E-state index is -0.0794. The molecule has 0 fully saturated rings. The summed E-state index contributed by atoms with van der Waals surface area (Å²) in [6.07, 6.45) is 4.95. The second-order valence-electron chi connectivity index (χ2n) is 4.53. The number of hydrogen-bond acceptors (Lipinski definition) is 3. The van der Waals surface area contributed by atoms with Crippen molar-refractivity contribution < 1.29 is 9.53 Å². The summed E-state index contributed by atoms with van der Waals surface area (Å²) >= 11 is 1.71. The molecule has 0 aromatic heterocycles. The van der Waals surface area contributed by atoms with Gasteiger partial charge in [0, 0.05) is 10.6 Å². The molecule has 0 spiro atoms. The molecule has 1 unspecified atom stereocenters. The van der Waals surface area contributed by atoms with Crippen LogP contribution in [-0.2, 0) is 9.53 Å². The normalized spacial score (nSPS) is 22.1. The molecular weight excluding hydrogens is 244 g/mol. The van der Waals surface area contributed by atoms with Gasteiger partial charge in [-0.1, -0.05) is 37.3 Å². The lowest BCUT2D eigenvalue weighted by molar-refractivity contribution is -0.146. The zero-order valence-electron chi connectivity index (χ0n) is 10.5. The van der Waals surface area contributed by atoms with Crippen LogP contribution in [0.4, 0.5) is 0 Å². The van der Waals surface area contributed by atoms with Gasteiger partial charge in [0.25, 0.3) is 0 Å². The van der Waals surface area contributed by atoms with Crippen LogP contribution in [0.5, 0.6) is 0 Å². The molecule has 1 aromatic rings. The van der Waals surface area contributed by atoms with Crippen LogP contribution in [0, 0.1) is 11.8 Å². The summed E-state index contributed by atoms with van der Waals surface area (Å²) in [4.78, 5) is 12.9. The van der Waals surface area contributed by atoms with Crippen molar-refractivity contribution in [3.63, 3.8) is 0 Å². The Hall–Kier alpha value is -1.22. The summed E-state index contributed by atoms with van der Waals surface area (Å²) in [5.74, 6) is 1.20. The minimum Gasteiger partial charge on any atom is -0.464 e. The lowest BCUT2D eigenvalue weighted by Gasteiger charge is -2.09. The van der Waals surface area contributed by atoms with Gasteiger partial charge in [-0.2, -0.15) is 0 Å². The Balaban J connectivity index is 1.64. The molecule has 0 N–H and O–H groups in total. The fraction of sp³-hybridized carbons (Fsp3) is 0.400. The van der Waals surface area contributed by atoms with E-state index in [9.17, 15) is 4.79 Å². The Labute approximate surface area is 112 Å². The SMILES string of the molecule is C[C@H]1C=CC(C(=O)OCCSc2ccccc2)C1. The molecule has 0 saturated heterocycles.